The van der Waals surface area contributed by atoms with Gasteiger partial charge in [0.25, 0.3) is 0 Å². The smallest absolute Gasteiger partial charge is 0.482 e. The van der Waals surface area contributed by atoms with Crippen LogP contribution in [0.3, 0.4) is 0 Å². The molecule has 0 aliphatic rings. The van der Waals surface area contributed by atoms with Crippen LogP contribution in [0.25, 0.3) is 0 Å². The first-order chi connectivity index (χ1) is 8.35. The largest absolute Gasteiger partial charge is 0.524 e. The summed E-state index contributed by atoms with van der Waals surface area (Å²) in [7, 11) is -4.94. The minimum atomic E-state index is -4.94. The van der Waals surface area contributed by atoms with Crippen molar-refractivity contribution in [3.63, 3.8) is 0 Å². The van der Waals surface area contributed by atoms with E-state index in [2.05, 4.69) is 4.52 Å². The number of aromatic carboxylic acids is 1. The summed E-state index contributed by atoms with van der Waals surface area (Å²) in [6.45, 7) is -0.402. The fraction of sp³-hybridized carbons (Fsp3) is 0.111. The SMILES string of the molecule is O=CCOc1cccc(C(=O)O)c1OP(=O)(O)O. The van der Waals surface area contributed by atoms with Gasteiger partial charge in [0.1, 0.15) is 12.2 Å². The highest BCUT2D eigenvalue weighted by molar-refractivity contribution is 7.46. The number of rotatable bonds is 6. The van der Waals surface area contributed by atoms with Gasteiger partial charge in [-0.15, -0.1) is 0 Å². The van der Waals surface area contributed by atoms with E-state index in [0.29, 0.717) is 6.29 Å². The van der Waals surface area contributed by atoms with Gasteiger partial charge in [0.2, 0.25) is 0 Å². The molecule has 1 aromatic carbocycles. The Morgan fingerprint density at radius 3 is 2.56 bits per heavy atom. The number of hydrogen-bond acceptors (Lipinski definition) is 5. The Labute approximate surface area is 101 Å². The van der Waals surface area contributed by atoms with Crippen LogP contribution in [0.2, 0.25) is 0 Å². The molecule has 8 nitrogen and oxygen atoms in total. The molecule has 0 saturated heterocycles. The lowest BCUT2D eigenvalue weighted by molar-refractivity contribution is -0.109. The number of phosphoric acid groups is 1. The number of para-hydroxylation sites is 1. The zero-order valence-corrected chi connectivity index (χ0v) is 9.74. The first kappa shape index (κ1) is 14.2. The second kappa shape index (κ2) is 5.63. The molecule has 3 N–H and O–H groups in total. The van der Waals surface area contributed by atoms with Crippen LogP contribution >= 0.6 is 7.82 Å². The number of carboxylic acid groups (broad SMARTS) is 1. The zero-order chi connectivity index (χ0) is 13.8. The normalized spacial score (nSPS) is 10.8. The Morgan fingerprint density at radius 1 is 1.39 bits per heavy atom. The van der Waals surface area contributed by atoms with E-state index >= 15 is 0 Å². The van der Waals surface area contributed by atoms with Crippen molar-refractivity contribution in [1.82, 2.24) is 0 Å². The Bertz CT molecular complexity index is 505. The van der Waals surface area contributed by atoms with Gasteiger partial charge in [0.05, 0.1) is 0 Å². The molecular formula is C9H9O8P. The molecule has 0 amide bonds. The maximum Gasteiger partial charge on any atom is 0.524 e. The highest BCUT2D eigenvalue weighted by atomic mass is 31.2. The quantitative estimate of drug-likeness (QED) is 0.503. The van der Waals surface area contributed by atoms with E-state index in [0.717, 1.165) is 6.07 Å². The Balaban J connectivity index is 3.24. The lowest BCUT2D eigenvalue weighted by Gasteiger charge is -2.13. The molecular weight excluding hydrogens is 267 g/mol. The lowest BCUT2D eigenvalue weighted by Crippen LogP contribution is -2.06. The number of hydrogen-bond donors (Lipinski definition) is 3. The molecule has 0 radical (unpaired) electrons. The van der Waals surface area contributed by atoms with Crippen molar-refractivity contribution >= 4 is 20.1 Å². The molecule has 0 bridgehead atoms. The summed E-state index contributed by atoms with van der Waals surface area (Å²) < 4.78 is 19.8. The van der Waals surface area contributed by atoms with Crippen LogP contribution in [-0.4, -0.2) is 33.8 Å². The van der Waals surface area contributed by atoms with Crippen molar-refractivity contribution in [3.05, 3.63) is 23.8 Å². The topological polar surface area (TPSA) is 130 Å². The molecule has 9 heteroatoms. The van der Waals surface area contributed by atoms with Crippen LogP contribution in [-0.2, 0) is 9.36 Å². The monoisotopic (exact) mass is 276 g/mol. The maximum atomic E-state index is 10.9. The van der Waals surface area contributed by atoms with Crippen LogP contribution in [0, 0.1) is 0 Å². The molecule has 18 heavy (non-hydrogen) atoms. The van der Waals surface area contributed by atoms with Gasteiger partial charge in [-0.1, -0.05) is 6.07 Å². The number of carbonyl (C=O) groups excluding carboxylic acids is 1. The van der Waals surface area contributed by atoms with Gasteiger partial charge in [0.15, 0.2) is 17.8 Å². The summed E-state index contributed by atoms with van der Waals surface area (Å²) in [4.78, 5) is 38.4. The number of benzene rings is 1. The standard InChI is InChI=1S/C9H9O8P/c10-4-5-16-7-3-1-2-6(9(11)12)8(7)17-18(13,14)15/h1-4H,5H2,(H,11,12)(H2,13,14,15). The first-order valence-electron chi connectivity index (χ1n) is 4.53. The van der Waals surface area contributed by atoms with Crippen molar-refractivity contribution in [2.75, 3.05) is 6.61 Å². The highest BCUT2D eigenvalue weighted by Crippen LogP contribution is 2.43. The van der Waals surface area contributed by atoms with E-state index in [1.165, 1.54) is 12.1 Å². The van der Waals surface area contributed by atoms with Crippen LogP contribution in [0.15, 0.2) is 18.2 Å². The van der Waals surface area contributed by atoms with Crippen molar-refractivity contribution < 1.29 is 38.3 Å². The van der Waals surface area contributed by atoms with Crippen LogP contribution in [0.4, 0.5) is 0 Å². The number of phosphoric ester groups is 1. The predicted octanol–water partition coefficient (Wildman–Crippen LogP) is 0.434. The average molecular weight is 276 g/mol. The molecule has 0 aliphatic carbocycles. The first-order valence-corrected chi connectivity index (χ1v) is 6.06. The molecule has 0 spiro atoms. The molecule has 0 unspecified atom stereocenters. The van der Waals surface area contributed by atoms with Gasteiger partial charge in [-0.25, -0.2) is 9.36 Å². The Morgan fingerprint density at radius 2 is 2.06 bits per heavy atom. The molecule has 0 aromatic heterocycles. The van der Waals surface area contributed by atoms with E-state index in [4.69, 9.17) is 19.6 Å². The molecule has 0 fully saturated rings. The maximum absolute atomic E-state index is 10.9. The third-order valence-electron chi connectivity index (χ3n) is 1.73. The molecule has 0 heterocycles. The second-order valence-electron chi connectivity index (χ2n) is 3.00. The van der Waals surface area contributed by atoms with E-state index < -0.39 is 31.7 Å². The summed E-state index contributed by atoms with van der Waals surface area (Å²) in [5.41, 5.74) is -0.485. The van der Waals surface area contributed by atoms with Crippen LogP contribution < -0.4 is 9.26 Å². The average Bonchev–Trinajstić information content (AvgIpc) is 2.25. The molecule has 1 rings (SSSR count). The minimum Gasteiger partial charge on any atom is -0.482 e. The van der Waals surface area contributed by atoms with E-state index in [9.17, 15) is 14.2 Å². The Kier molecular flexibility index (Phi) is 4.43. The fourth-order valence-corrected chi connectivity index (χ4v) is 1.56. The highest BCUT2D eigenvalue weighted by Gasteiger charge is 2.24. The van der Waals surface area contributed by atoms with Crippen molar-refractivity contribution in [2.45, 2.75) is 0 Å². The van der Waals surface area contributed by atoms with Crippen LogP contribution in [0.5, 0.6) is 11.5 Å². The van der Waals surface area contributed by atoms with Gasteiger partial charge in [-0.05, 0) is 12.1 Å². The Hall–Kier alpha value is -1.89. The lowest BCUT2D eigenvalue weighted by atomic mass is 10.2. The second-order valence-corrected chi connectivity index (χ2v) is 4.16. The number of aldehydes is 1. The van der Waals surface area contributed by atoms with Gasteiger partial charge in [0, 0.05) is 0 Å². The third kappa shape index (κ3) is 3.85. The molecule has 0 atom stereocenters. The fourth-order valence-electron chi connectivity index (χ4n) is 1.13. The molecule has 98 valence electrons. The molecule has 0 saturated carbocycles. The van der Waals surface area contributed by atoms with Gasteiger partial charge < -0.3 is 14.4 Å². The minimum absolute atomic E-state index is 0.245. The molecule has 0 aliphatic heterocycles. The van der Waals surface area contributed by atoms with Gasteiger partial charge >= 0.3 is 13.8 Å². The van der Waals surface area contributed by atoms with Gasteiger partial charge in [-0.3, -0.25) is 14.6 Å². The van der Waals surface area contributed by atoms with Crippen molar-refractivity contribution in [1.29, 1.82) is 0 Å². The summed E-state index contributed by atoms with van der Waals surface area (Å²) in [5, 5.41) is 8.85. The van der Waals surface area contributed by atoms with Crippen LogP contribution in [0.1, 0.15) is 10.4 Å². The summed E-state index contributed by atoms with van der Waals surface area (Å²) in [5.74, 6) is -2.32. The third-order valence-corrected chi connectivity index (χ3v) is 2.15. The van der Waals surface area contributed by atoms with Crippen molar-refractivity contribution in [2.24, 2.45) is 0 Å². The molecule has 1 aromatic rings. The number of carbonyl (C=O) groups is 2. The number of ether oxygens (including phenoxy) is 1. The van der Waals surface area contributed by atoms with E-state index in [1.54, 1.807) is 0 Å². The van der Waals surface area contributed by atoms with Crippen molar-refractivity contribution in [3.8, 4) is 11.5 Å². The zero-order valence-electron chi connectivity index (χ0n) is 8.85. The predicted molar refractivity (Wildman–Crippen MR) is 57.6 cm³/mol. The number of carboxylic acids is 1. The summed E-state index contributed by atoms with van der Waals surface area (Å²) in [6.07, 6.45) is 0.398. The van der Waals surface area contributed by atoms with E-state index in [1.807, 2.05) is 0 Å². The summed E-state index contributed by atoms with van der Waals surface area (Å²) >= 11 is 0. The summed E-state index contributed by atoms with van der Waals surface area (Å²) in [6, 6.07) is 3.60. The van der Waals surface area contributed by atoms with E-state index in [-0.39, 0.29) is 5.75 Å². The van der Waals surface area contributed by atoms with Gasteiger partial charge in [-0.2, -0.15) is 0 Å².